The molecule has 1 fully saturated rings. The first-order valence-corrected chi connectivity index (χ1v) is 12.9. The van der Waals surface area contributed by atoms with Crippen molar-refractivity contribution in [3.8, 4) is 17.2 Å². The van der Waals surface area contributed by atoms with E-state index in [1.54, 1.807) is 16.9 Å². The quantitative estimate of drug-likeness (QED) is 0.346. The first-order valence-electron chi connectivity index (χ1n) is 12.9. The Morgan fingerprint density at radius 1 is 1.00 bits per heavy atom. The number of aromatic nitrogens is 3. The van der Waals surface area contributed by atoms with E-state index >= 15 is 0 Å². The van der Waals surface area contributed by atoms with Crippen LogP contribution in [0, 0.1) is 11.3 Å². The van der Waals surface area contributed by atoms with Crippen LogP contribution < -0.4 is 15.5 Å². The molecule has 2 aromatic carbocycles. The highest BCUT2D eigenvalue weighted by molar-refractivity contribution is 5.93. The monoisotopic (exact) mass is 505 g/mol. The lowest BCUT2D eigenvalue weighted by molar-refractivity contribution is 0.240. The summed E-state index contributed by atoms with van der Waals surface area (Å²) in [5.41, 5.74) is 4.60. The van der Waals surface area contributed by atoms with Gasteiger partial charge in [0.2, 0.25) is 0 Å². The molecule has 2 N–H and O–H groups in total. The molecule has 8 heteroatoms. The van der Waals surface area contributed by atoms with Crippen LogP contribution in [0.2, 0.25) is 0 Å². The lowest BCUT2D eigenvalue weighted by atomic mass is 9.89. The number of amides is 2. The van der Waals surface area contributed by atoms with E-state index in [9.17, 15) is 4.79 Å². The van der Waals surface area contributed by atoms with Gasteiger partial charge in [0.25, 0.3) is 0 Å². The van der Waals surface area contributed by atoms with Crippen molar-refractivity contribution < 1.29 is 4.79 Å². The van der Waals surface area contributed by atoms with Gasteiger partial charge in [-0.3, -0.25) is 9.58 Å². The number of hydrogen-bond acceptors (Lipinski definition) is 5. The number of carbonyl (C=O) groups is 1. The van der Waals surface area contributed by atoms with Crippen LogP contribution in [-0.2, 0) is 13.6 Å². The van der Waals surface area contributed by atoms with Crippen LogP contribution in [0.1, 0.15) is 36.8 Å². The van der Waals surface area contributed by atoms with Crippen LogP contribution in [0.4, 0.5) is 16.3 Å². The van der Waals surface area contributed by atoms with Crippen molar-refractivity contribution >= 4 is 17.5 Å². The molecule has 0 spiro atoms. The Hall–Kier alpha value is -4.64. The predicted octanol–water partition coefficient (Wildman–Crippen LogP) is 5.49. The largest absolute Gasteiger partial charge is 0.367 e. The fourth-order valence-corrected chi connectivity index (χ4v) is 4.97. The lowest BCUT2D eigenvalue weighted by Gasteiger charge is -2.37. The predicted molar refractivity (Wildman–Crippen MR) is 148 cm³/mol. The summed E-state index contributed by atoms with van der Waals surface area (Å²) in [7, 11) is 1.90. The van der Waals surface area contributed by atoms with Crippen LogP contribution in [0.3, 0.4) is 0 Å². The summed E-state index contributed by atoms with van der Waals surface area (Å²) in [6.45, 7) is 0.477. The van der Waals surface area contributed by atoms with Gasteiger partial charge in [0.15, 0.2) is 0 Å². The average Bonchev–Trinajstić information content (AvgIpc) is 3.40. The molecule has 0 bridgehead atoms. The molecule has 0 saturated heterocycles. The minimum Gasteiger partial charge on any atom is -0.367 e. The minimum atomic E-state index is -0.0897. The van der Waals surface area contributed by atoms with E-state index in [-0.39, 0.29) is 18.1 Å². The number of benzene rings is 2. The number of nitrogens with zero attached hydrogens (tertiary/aromatic N) is 5. The van der Waals surface area contributed by atoms with Crippen molar-refractivity contribution in [3.63, 3.8) is 0 Å². The number of nitriles is 1. The van der Waals surface area contributed by atoms with Crippen molar-refractivity contribution in [2.75, 3.05) is 10.2 Å². The number of anilines is 2. The molecular weight excluding hydrogens is 474 g/mol. The molecule has 4 aromatic rings. The fraction of sp³-hybridized carbons (Fsp3) is 0.267. The molecule has 8 nitrogen and oxygen atoms in total. The number of aryl methyl sites for hydroxylation is 1. The van der Waals surface area contributed by atoms with E-state index in [4.69, 9.17) is 5.26 Å². The lowest BCUT2D eigenvalue weighted by Crippen LogP contribution is -2.48. The van der Waals surface area contributed by atoms with Gasteiger partial charge >= 0.3 is 6.03 Å². The van der Waals surface area contributed by atoms with Gasteiger partial charge in [0.1, 0.15) is 11.9 Å². The molecule has 1 saturated carbocycles. The van der Waals surface area contributed by atoms with Gasteiger partial charge in [-0.2, -0.15) is 10.4 Å². The zero-order valence-corrected chi connectivity index (χ0v) is 21.4. The van der Waals surface area contributed by atoms with Crippen molar-refractivity contribution in [3.05, 3.63) is 96.4 Å². The average molecular weight is 506 g/mol. The maximum Gasteiger partial charge on any atom is 0.322 e. The number of hydrogen-bond donors (Lipinski definition) is 2. The second-order valence-electron chi connectivity index (χ2n) is 9.66. The second-order valence-corrected chi connectivity index (χ2v) is 9.66. The van der Waals surface area contributed by atoms with Crippen LogP contribution in [0.25, 0.3) is 11.1 Å². The molecule has 0 aliphatic heterocycles. The van der Waals surface area contributed by atoms with Crippen molar-refractivity contribution in [2.45, 2.75) is 44.3 Å². The summed E-state index contributed by atoms with van der Waals surface area (Å²) in [6.07, 6.45) is 8.99. The molecule has 0 atom stereocenters. The molecule has 38 heavy (non-hydrogen) atoms. The second kappa shape index (κ2) is 11.6. The zero-order valence-electron chi connectivity index (χ0n) is 21.4. The van der Waals surface area contributed by atoms with Gasteiger partial charge in [-0.05, 0) is 61.1 Å². The SMILES string of the molecule is Cn1cc(-c2ccc(N(C(=O)NCc3ccccc3)C3CCC(Nc4ccc(C#N)cn4)CC3)cc2)cn1. The molecule has 1 aliphatic rings. The van der Waals surface area contributed by atoms with E-state index in [2.05, 4.69) is 26.8 Å². The van der Waals surface area contributed by atoms with Gasteiger partial charge in [-0.1, -0.05) is 42.5 Å². The summed E-state index contributed by atoms with van der Waals surface area (Å²) < 4.78 is 1.78. The molecule has 2 heterocycles. The summed E-state index contributed by atoms with van der Waals surface area (Å²) >= 11 is 0. The highest BCUT2D eigenvalue weighted by Crippen LogP contribution is 2.31. The number of carbonyl (C=O) groups excluding carboxylic acids is 1. The molecule has 5 rings (SSSR count). The number of pyridine rings is 1. The van der Waals surface area contributed by atoms with E-state index in [0.29, 0.717) is 12.1 Å². The Morgan fingerprint density at radius 3 is 2.39 bits per heavy atom. The topological polar surface area (TPSA) is 98.9 Å². The number of rotatable bonds is 7. The summed E-state index contributed by atoms with van der Waals surface area (Å²) in [5.74, 6) is 0.774. The molecule has 0 radical (unpaired) electrons. The van der Waals surface area contributed by atoms with Gasteiger partial charge in [-0.15, -0.1) is 0 Å². The summed E-state index contributed by atoms with van der Waals surface area (Å²) in [5, 5.41) is 19.9. The van der Waals surface area contributed by atoms with Crippen LogP contribution >= 0.6 is 0 Å². The van der Waals surface area contributed by atoms with Gasteiger partial charge in [0, 0.05) is 49.3 Å². The third-order valence-corrected chi connectivity index (χ3v) is 7.00. The third-order valence-electron chi connectivity index (χ3n) is 7.00. The van der Waals surface area contributed by atoms with Gasteiger partial charge in [-0.25, -0.2) is 9.78 Å². The van der Waals surface area contributed by atoms with Crippen molar-refractivity contribution in [1.29, 1.82) is 5.26 Å². The van der Waals surface area contributed by atoms with E-state index in [0.717, 1.165) is 53.9 Å². The van der Waals surface area contributed by atoms with Crippen molar-refractivity contribution in [2.24, 2.45) is 7.05 Å². The first-order chi connectivity index (χ1) is 18.6. The Balaban J connectivity index is 1.29. The van der Waals surface area contributed by atoms with E-state index < -0.39 is 0 Å². The smallest absolute Gasteiger partial charge is 0.322 e. The third kappa shape index (κ3) is 6.01. The summed E-state index contributed by atoms with van der Waals surface area (Å²) in [6, 6.07) is 24.1. The van der Waals surface area contributed by atoms with Gasteiger partial charge < -0.3 is 10.6 Å². The molecule has 192 valence electrons. The van der Waals surface area contributed by atoms with Crippen LogP contribution in [-0.4, -0.2) is 32.9 Å². The maximum atomic E-state index is 13.6. The van der Waals surface area contributed by atoms with Crippen LogP contribution in [0.15, 0.2) is 85.3 Å². The Bertz CT molecular complexity index is 1380. The Labute approximate surface area is 222 Å². The molecular formula is C30H31N7O. The van der Waals surface area contributed by atoms with Crippen molar-refractivity contribution in [1.82, 2.24) is 20.1 Å². The molecule has 0 unspecified atom stereocenters. The minimum absolute atomic E-state index is 0.0852. The Morgan fingerprint density at radius 2 is 1.76 bits per heavy atom. The standard InChI is InChI=1S/C30H31N7O/c1-36-21-25(20-34-36)24-8-12-27(13-9-24)37(30(38)33-18-22-5-3-2-4-6-22)28-14-10-26(11-15-28)35-29-16-7-23(17-31)19-32-29/h2-9,12-13,16,19-21,26,28H,10-11,14-15,18H2,1H3,(H,32,35)(H,33,38). The van der Waals surface area contributed by atoms with Crippen LogP contribution in [0.5, 0.6) is 0 Å². The highest BCUT2D eigenvalue weighted by Gasteiger charge is 2.30. The zero-order chi connectivity index (χ0) is 26.3. The van der Waals surface area contributed by atoms with E-state index in [1.165, 1.54) is 0 Å². The van der Waals surface area contributed by atoms with Gasteiger partial charge in [0.05, 0.1) is 11.8 Å². The summed E-state index contributed by atoms with van der Waals surface area (Å²) in [4.78, 5) is 19.8. The number of nitrogens with one attached hydrogen (secondary N) is 2. The fourth-order valence-electron chi connectivity index (χ4n) is 4.97. The maximum absolute atomic E-state index is 13.6. The highest BCUT2D eigenvalue weighted by atomic mass is 16.2. The molecule has 2 aromatic heterocycles. The molecule has 1 aliphatic carbocycles. The first kappa shape index (κ1) is 25.0. The normalized spacial score (nSPS) is 16.8. The number of urea groups is 1. The molecule has 2 amide bonds. The Kier molecular flexibility index (Phi) is 7.65. The van der Waals surface area contributed by atoms with E-state index in [1.807, 2.05) is 85.0 Å².